The molecule has 1 aliphatic rings. The van der Waals surface area contributed by atoms with E-state index in [-0.39, 0.29) is 5.91 Å². The first kappa shape index (κ1) is 22.1. The summed E-state index contributed by atoms with van der Waals surface area (Å²) in [6.07, 6.45) is 1.38. The third-order valence-electron chi connectivity index (χ3n) is 5.06. The normalized spacial score (nSPS) is 14.7. The molecule has 1 aliphatic heterocycles. The Labute approximate surface area is 192 Å². The molecule has 32 heavy (non-hydrogen) atoms. The van der Waals surface area contributed by atoms with Gasteiger partial charge in [-0.05, 0) is 42.5 Å². The minimum absolute atomic E-state index is 0.144. The highest BCUT2D eigenvalue weighted by Crippen LogP contribution is 2.43. The maximum atomic E-state index is 12.8. The fraction of sp³-hybridized carbons (Fsp3) is 0.333. The molecular weight excluding hydrogens is 424 g/mol. The quantitative estimate of drug-likeness (QED) is 0.358. The van der Waals surface area contributed by atoms with Crippen LogP contribution in [0.1, 0.15) is 45.4 Å². The number of anilines is 1. The van der Waals surface area contributed by atoms with Gasteiger partial charge in [-0.2, -0.15) is 4.98 Å². The number of aromatic nitrogens is 3. The maximum Gasteiger partial charge on any atom is 0.247 e. The van der Waals surface area contributed by atoms with Crippen LogP contribution in [0.15, 0.2) is 53.7 Å². The average molecular weight is 451 g/mol. The highest BCUT2D eigenvalue weighted by molar-refractivity contribution is 7.99. The third kappa shape index (κ3) is 4.55. The van der Waals surface area contributed by atoms with Gasteiger partial charge < -0.3 is 9.47 Å². The summed E-state index contributed by atoms with van der Waals surface area (Å²) in [5.74, 6) is 1.83. The van der Waals surface area contributed by atoms with Crippen LogP contribution in [-0.4, -0.2) is 33.4 Å². The molecular formula is C24H26N4O3S. The Morgan fingerprint density at radius 3 is 2.62 bits per heavy atom. The van der Waals surface area contributed by atoms with E-state index < -0.39 is 6.23 Å². The van der Waals surface area contributed by atoms with E-state index >= 15 is 0 Å². The lowest BCUT2D eigenvalue weighted by Gasteiger charge is -2.30. The Bertz CT molecular complexity index is 1090. The van der Waals surface area contributed by atoms with Crippen molar-refractivity contribution >= 4 is 23.4 Å². The number of fused-ring (bicyclic) bond motifs is 3. The smallest absolute Gasteiger partial charge is 0.247 e. The van der Waals surface area contributed by atoms with Gasteiger partial charge in [0.15, 0.2) is 5.69 Å². The van der Waals surface area contributed by atoms with E-state index in [1.165, 1.54) is 18.7 Å². The van der Waals surface area contributed by atoms with Crippen molar-refractivity contribution in [2.24, 2.45) is 0 Å². The predicted molar refractivity (Wildman–Crippen MR) is 125 cm³/mol. The van der Waals surface area contributed by atoms with Crippen molar-refractivity contribution in [2.45, 2.75) is 45.0 Å². The fourth-order valence-electron chi connectivity index (χ4n) is 3.52. The van der Waals surface area contributed by atoms with Crippen molar-refractivity contribution in [3.63, 3.8) is 0 Å². The first-order valence-corrected chi connectivity index (χ1v) is 11.8. The van der Waals surface area contributed by atoms with Crippen molar-refractivity contribution in [3.05, 3.63) is 54.1 Å². The maximum absolute atomic E-state index is 12.8. The molecule has 1 aromatic heterocycles. The molecule has 166 valence electrons. The molecule has 0 bridgehead atoms. The number of nitrogens with zero attached hydrogens (tertiary/aromatic N) is 4. The monoisotopic (exact) mass is 450 g/mol. The number of para-hydroxylation sites is 1. The highest BCUT2D eigenvalue weighted by Gasteiger charge is 2.34. The molecule has 0 saturated heterocycles. The van der Waals surface area contributed by atoms with Gasteiger partial charge in [-0.25, -0.2) is 0 Å². The zero-order chi connectivity index (χ0) is 22.5. The predicted octanol–water partition coefficient (Wildman–Crippen LogP) is 5.27. The van der Waals surface area contributed by atoms with E-state index in [9.17, 15) is 4.79 Å². The van der Waals surface area contributed by atoms with Gasteiger partial charge in [-0.3, -0.25) is 9.69 Å². The molecule has 1 atom stereocenters. The largest absolute Gasteiger partial charge is 0.494 e. The lowest BCUT2D eigenvalue weighted by molar-refractivity contribution is -0.118. The van der Waals surface area contributed by atoms with Gasteiger partial charge >= 0.3 is 0 Å². The van der Waals surface area contributed by atoms with Gasteiger partial charge in [0, 0.05) is 18.1 Å². The molecule has 1 unspecified atom stereocenters. The summed E-state index contributed by atoms with van der Waals surface area (Å²) in [5.41, 5.74) is 2.80. The van der Waals surface area contributed by atoms with Crippen LogP contribution < -0.4 is 14.4 Å². The third-order valence-corrected chi connectivity index (χ3v) is 5.78. The summed E-state index contributed by atoms with van der Waals surface area (Å²) >= 11 is 1.49. The Morgan fingerprint density at radius 2 is 1.91 bits per heavy atom. The van der Waals surface area contributed by atoms with Crippen LogP contribution in [0.4, 0.5) is 5.69 Å². The second-order valence-electron chi connectivity index (χ2n) is 7.33. The van der Waals surface area contributed by atoms with Gasteiger partial charge in [0.2, 0.25) is 23.2 Å². The SMILES string of the molecule is CCCCOc1ccc(C2Oc3nc(SCC)nnc3-c3ccccc3N2C(C)=O)cc1. The molecule has 0 N–H and O–H groups in total. The highest BCUT2D eigenvalue weighted by atomic mass is 32.2. The van der Waals surface area contributed by atoms with Crippen LogP contribution in [0.3, 0.4) is 0 Å². The second kappa shape index (κ2) is 9.99. The summed E-state index contributed by atoms with van der Waals surface area (Å²) in [4.78, 5) is 19.1. The van der Waals surface area contributed by atoms with Crippen LogP contribution in [0.5, 0.6) is 11.6 Å². The first-order valence-electron chi connectivity index (χ1n) is 10.8. The number of thioether (sulfide) groups is 1. The first-order chi connectivity index (χ1) is 15.6. The average Bonchev–Trinajstić information content (AvgIpc) is 2.94. The van der Waals surface area contributed by atoms with E-state index in [2.05, 4.69) is 22.1 Å². The van der Waals surface area contributed by atoms with E-state index in [4.69, 9.17) is 9.47 Å². The molecule has 0 saturated carbocycles. The molecule has 2 aromatic carbocycles. The Hall–Kier alpha value is -3.13. The summed E-state index contributed by atoms with van der Waals surface area (Å²) in [6, 6.07) is 15.2. The van der Waals surface area contributed by atoms with Crippen LogP contribution in [0, 0.1) is 0 Å². The summed E-state index contributed by atoms with van der Waals surface area (Å²) in [7, 11) is 0. The molecule has 2 heterocycles. The number of carbonyl (C=O) groups is 1. The van der Waals surface area contributed by atoms with Gasteiger partial charge in [0.05, 0.1) is 12.3 Å². The van der Waals surface area contributed by atoms with Crippen LogP contribution >= 0.6 is 11.8 Å². The molecule has 0 fully saturated rings. The molecule has 0 spiro atoms. The van der Waals surface area contributed by atoms with E-state index in [1.54, 1.807) is 4.90 Å². The zero-order valence-corrected chi connectivity index (χ0v) is 19.3. The topological polar surface area (TPSA) is 77.4 Å². The van der Waals surface area contributed by atoms with E-state index in [1.807, 2.05) is 55.5 Å². The molecule has 0 radical (unpaired) electrons. The van der Waals surface area contributed by atoms with Gasteiger partial charge in [-0.1, -0.05) is 50.2 Å². The van der Waals surface area contributed by atoms with Crippen LogP contribution in [0.25, 0.3) is 11.3 Å². The van der Waals surface area contributed by atoms with Crippen molar-refractivity contribution in [1.82, 2.24) is 15.2 Å². The Balaban J connectivity index is 1.78. The number of amides is 1. The van der Waals surface area contributed by atoms with E-state index in [0.29, 0.717) is 29.0 Å². The fourth-order valence-corrected chi connectivity index (χ4v) is 4.03. The van der Waals surface area contributed by atoms with Crippen molar-refractivity contribution < 1.29 is 14.3 Å². The summed E-state index contributed by atoms with van der Waals surface area (Å²) in [5, 5.41) is 9.18. The Kier molecular flexibility index (Phi) is 6.90. The minimum atomic E-state index is -0.698. The van der Waals surface area contributed by atoms with Crippen molar-refractivity contribution in [2.75, 3.05) is 17.3 Å². The van der Waals surface area contributed by atoms with E-state index in [0.717, 1.165) is 35.5 Å². The zero-order valence-electron chi connectivity index (χ0n) is 18.4. The van der Waals surface area contributed by atoms with Crippen molar-refractivity contribution in [1.29, 1.82) is 0 Å². The number of hydrogen-bond acceptors (Lipinski definition) is 7. The molecule has 4 rings (SSSR count). The molecule has 1 amide bonds. The lowest BCUT2D eigenvalue weighted by Crippen LogP contribution is -2.36. The molecule has 7 nitrogen and oxygen atoms in total. The van der Waals surface area contributed by atoms with Gasteiger partial charge in [0.1, 0.15) is 5.75 Å². The molecule has 3 aromatic rings. The number of hydrogen-bond donors (Lipinski definition) is 0. The second-order valence-corrected chi connectivity index (χ2v) is 8.56. The van der Waals surface area contributed by atoms with Gasteiger partial charge in [-0.15, -0.1) is 10.2 Å². The number of unbranched alkanes of at least 4 members (excludes halogenated alkanes) is 1. The molecule has 8 heteroatoms. The number of carbonyl (C=O) groups excluding carboxylic acids is 1. The lowest BCUT2D eigenvalue weighted by atomic mass is 10.1. The molecule has 0 aliphatic carbocycles. The number of rotatable bonds is 7. The Morgan fingerprint density at radius 1 is 1.12 bits per heavy atom. The number of ether oxygens (including phenoxy) is 2. The van der Waals surface area contributed by atoms with Crippen molar-refractivity contribution in [3.8, 4) is 22.9 Å². The standard InChI is InChI=1S/C24H26N4O3S/c1-4-6-15-30-18-13-11-17(12-14-18)23-28(16(3)29)20-10-8-7-9-19(20)21-22(31-23)25-24(27-26-21)32-5-2/h7-14,23H,4-6,15H2,1-3H3. The number of benzene rings is 2. The van der Waals surface area contributed by atoms with Crippen LogP contribution in [0.2, 0.25) is 0 Å². The van der Waals surface area contributed by atoms with Crippen LogP contribution in [-0.2, 0) is 4.79 Å². The van der Waals surface area contributed by atoms with Gasteiger partial charge in [0.25, 0.3) is 0 Å². The summed E-state index contributed by atoms with van der Waals surface area (Å²) < 4.78 is 12.2. The minimum Gasteiger partial charge on any atom is -0.494 e. The summed E-state index contributed by atoms with van der Waals surface area (Å²) in [6.45, 7) is 6.37.